The molecule has 0 aromatic carbocycles. The molecule has 0 unspecified atom stereocenters. The van der Waals surface area contributed by atoms with E-state index in [4.69, 9.17) is 0 Å². The maximum Gasteiger partial charge on any atom is 0.139 e. The van der Waals surface area contributed by atoms with Crippen LogP contribution >= 0.6 is 0 Å². The molecule has 0 radical (unpaired) electrons. The molecule has 0 spiro atoms. The maximum atomic E-state index is 12.6. The highest BCUT2D eigenvalue weighted by Gasteiger charge is 2.52. The first-order valence-electron chi connectivity index (χ1n) is 7.96. The minimum Gasteiger partial charge on any atom is -0.299 e. The molecular weight excluding hydrogens is 220 g/mol. The highest BCUT2D eigenvalue weighted by atomic mass is 16.1. The van der Waals surface area contributed by atoms with Crippen molar-refractivity contribution in [2.24, 2.45) is 28.6 Å². The van der Waals surface area contributed by atoms with Gasteiger partial charge in [0.2, 0.25) is 0 Å². The second-order valence-electron chi connectivity index (χ2n) is 8.25. The van der Waals surface area contributed by atoms with E-state index in [-0.39, 0.29) is 5.41 Å². The minimum absolute atomic E-state index is 0.0939. The van der Waals surface area contributed by atoms with E-state index in [0.29, 0.717) is 11.2 Å². The summed E-state index contributed by atoms with van der Waals surface area (Å²) in [6.07, 6.45) is 10.4. The third-order valence-corrected chi connectivity index (χ3v) is 6.34. The number of Topliss-reactive ketones (excluding diaryl/α,β-unsaturated/α-hetero) is 1. The molecular formula is C17H28O. The summed E-state index contributed by atoms with van der Waals surface area (Å²) < 4.78 is 0. The third-order valence-electron chi connectivity index (χ3n) is 6.34. The van der Waals surface area contributed by atoms with Crippen LogP contribution in [0.15, 0.2) is 0 Å². The zero-order valence-corrected chi connectivity index (χ0v) is 12.3. The SMILES string of the molecule is CCC(C)(C)C(=O)CC12CC3CC(CC(C3)C1)C2. The third kappa shape index (κ3) is 2.04. The van der Waals surface area contributed by atoms with Crippen LogP contribution < -0.4 is 0 Å². The lowest BCUT2D eigenvalue weighted by Crippen LogP contribution is -2.47. The van der Waals surface area contributed by atoms with E-state index in [2.05, 4.69) is 20.8 Å². The standard InChI is InChI=1S/C17H28O/c1-4-16(2,3)15(18)11-17-8-12-5-13(9-17)7-14(6-12)10-17/h12-14H,4-11H2,1-3H3. The van der Waals surface area contributed by atoms with Crippen molar-refractivity contribution in [3.05, 3.63) is 0 Å². The quantitative estimate of drug-likeness (QED) is 0.710. The van der Waals surface area contributed by atoms with E-state index in [1.807, 2.05) is 0 Å². The van der Waals surface area contributed by atoms with Gasteiger partial charge in [-0.2, -0.15) is 0 Å². The van der Waals surface area contributed by atoms with Crippen molar-refractivity contribution >= 4 is 5.78 Å². The molecule has 0 aromatic rings. The molecule has 0 saturated heterocycles. The first-order valence-corrected chi connectivity index (χ1v) is 7.96. The van der Waals surface area contributed by atoms with Gasteiger partial charge < -0.3 is 0 Å². The van der Waals surface area contributed by atoms with E-state index in [9.17, 15) is 4.79 Å². The summed E-state index contributed by atoms with van der Waals surface area (Å²) in [4.78, 5) is 12.6. The molecule has 4 fully saturated rings. The van der Waals surface area contributed by atoms with Gasteiger partial charge >= 0.3 is 0 Å². The van der Waals surface area contributed by atoms with Gasteiger partial charge in [-0.15, -0.1) is 0 Å². The fourth-order valence-electron chi connectivity index (χ4n) is 5.28. The summed E-state index contributed by atoms with van der Waals surface area (Å²) in [7, 11) is 0. The van der Waals surface area contributed by atoms with E-state index < -0.39 is 0 Å². The fourth-order valence-corrected chi connectivity index (χ4v) is 5.28. The Morgan fingerprint density at radius 2 is 1.50 bits per heavy atom. The van der Waals surface area contributed by atoms with Crippen molar-refractivity contribution in [3.8, 4) is 0 Å². The molecule has 4 aliphatic carbocycles. The van der Waals surface area contributed by atoms with Crippen LogP contribution in [0.25, 0.3) is 0 Å². The number of rotatable bonds is 4. The Hall–Kier alpha value is -0.330. The molecule has 0 N–H and O–H groups in total. The predicted octanol–water partition coefficient (Wildman–Crippen LogP) is 4.60. The highest BCUT2D eigenvalue weighted by molar-refractivity contribution is 5.84. The molecule has 0 atom stereocenters. The Morgan fingerprint density at radius 1 is 1.06 bits per heavy atom. The van der Waals surface area contributed by atoms with Crippen LogP contribution in [0.1, 0.15) is 72.1 Å². The van der Waals surface area contributed by atoms with E-state index in [1.165, 1.54) is 38.5 Å². The maximum absolute atomic E-state index is 12.6. The molecule has 4 saturated carbocycles. The van der Waals surface area contributed by atoms with Gasteiger partial charge in [0.25, 0.3) is 0 Å². The molecule has 102 valence electrons. The summed E-state index contributed by atoms with van der Waals surface area (Å²) in [6, 6.07) is 0. The largest absolute Gasteiger partial charge is 0.299 e. The molecule has 18 heavy (non-hydrogen) atoms. The van der Waals surface area contributed by atoms with Gasteiger partial charge in [0, 0.05) is 11.8 Å². The van der Waals surface area contributed by atoms with Crippen LogP contribution in [0.2, 0.25) is 0 Å². The Labute approximate surface area is 112 Å². The van der Waals surface area contributed by atoms with Gasteiger partial charge in [-0.05, 0) is 68.1 Å². The normalized spacial score (nSPS) is 42.3. The van der Waals surface area contributed by atoms with Crippen LogP contribution in [-0.4, -0.2) is 5.78 Å². The molecule has 4 rings (SSSR count). The van der Waals surface area contributed by atoms with Gasteiger partial charge in [-0.3, -0.25) is 4.79 Å². The molecule has 0 aliphatic heterocycles. The average Bonchev–Trinajstić information content (AvgIpc) is 2.26. The minimum atomic E-state index is -0.0939. The van der Waals surface area contributed by atoms with Crippen LogP contribution in [-0.2, 0) is 4.79 Å². The Bertz CT molecular complexity index is 317. The smallest absolute Gasteiger partial charge is 0.139 e. The van der Waals surface area contributed by atoms with Gasteiger partial charge in [0.05, 0.1) is 0 Å². The molecule has 0 heterocycles. The number of ketones is 1. The fraction of sp³-hybridized carbons (Fsp3) is 0.941. The van der Waals surface area contributed by atoms with Gasteiger partial charge in [0.15, 0.2) is 0 Å². The summed E-state index contributed by atoms with van der Waals surface area (Å²) in [5, 5.41) is 0. The summed E-state index contributed by atoms with van der Waals surface area (Å²) in [6.45, 7) is 6.42. The van der Waals surface area contributed by atoms with E-state index in [1.54, 1.807) is 0 Å². The lowest BCUT2D eigenvalue weighted by molar-refractivity contribution is -0.135. The topological polar surface area (TPSA) is 17.1 Å². The van der Waals surface area contributed by atoms with Crippen LogP contribution in [0, 0.1) is 28.6 Å². The highest BCUT2D eigenvalue weighted by Crippen LogP contribution is 2.61. The van der Waals surface area contributed by atoms with Crippen molar-refractivity contribution in [2.75, 3.05) is 0 Å². The van der Waals surface area contributed by atoms with Crippen LogP contribution in [0.4, 0.5) is 0 Å². The number of hydrogen-bond acceptors (Lipinski definition) is 1. The summed E-state index contributed by atoms with van der Waals surface area (Å²) in [5.41, 5.74) is 0.335. The summed E-state index contributed by atoms with van der Waals surface area (Å²) >= 11 is 0. The monoisotopic (exact) mass is 248 g/mol. The van der Waals surface area contributed by atoms with Crippen molar-refractivity contribution in [3.63, 3.8) is 0 Å². The van der Waals surface area contributed by atoms with Crippen molar-refractivity contribution in [1.29, 1.82) is 0 Å². The second-order valence-corrected chi connectivity index (χ2v) is 8.25. The molecule has 0 amide bonds. The molecule has 4 aliphatic rings. The van der Waals surface area contributed by atoms with Crippen molar-refractivity contribution in [1.82, 2.24) is 0 Å². The number of carbonyl (C=O) groups is 1. The van der Waals surface area contributed by atoms with Crippen LogP contribution in [0.3, 0.4) is 0 Å². The van der Waals surface area contributed by atoms with Gasteiger partial charge in [-0.1, -0.05) is 20.8 Å². The first-order chi connectivity index (χ1) is 8.42. The molecule has 0 aromatic heterocycles. The van der Waals surface area contributed by atoms with Crippen LogP contribution in [0.5, 0.6) is 0 Å². The zero-order chi connectivity index (χ0) is 13.0. The Morgan fingerprint density at radius 3 is 1.89 bits per heavy atom. The van der Waals surface area contributed by atoms with Gasteiger partial charge in [0.1, 0.15) is 5.78 Å². The summed E-state index contributed by atoms with van der Waals surface area (Å²) in [5.74, 6) is 3.43. The lowest BCUT2D eigenvalue weighted by atomic mass is 9.48. The van der Waals surface area contributed by atoms with Crippen molar-refractivity contribution in [2.45, 2.75) is 72.1 Å². The van der Waals surface area contributed by atoms with Gasteiger partial charge in [-0.25, -0.2) is 0 Å². The Kier molecular flexibility index (Phi) is 2.88. The molecule has 1 heteroatoms. The second kappa shape index (κ2) is 4.08. The molecule has 1 nitrogen and oxygen atoms in total. The molecule has 4 bridgehead atoms. The first kappa shape index (κ1) is 12.7. The van der Waals surface area contributed by atoms with Crippen molar-refractivity contribution < 1.29 is 4.79 Å². The zero-order valence-electron chi connectivity index (χ0n) is 12.3. The lowest BCUT2D eigenvalue weighted by Gasteiger charge is -2.57. The van der Waals surface area contributed by atoms with E-state index >= 15 is 0 Å². The number of hydrogen-bond donors (Lipinski definition) is 0. The average molecular weight is 248 g/mol. The van der Waals surface area contributed by atoms with E-state index in [0.717, 1.165) is 30.6 Å². The Balaban J connectivity index is 1.74. The number of carbonyl (C=O) groups excluding carboxylic acids is 1. The predicted molar refractivity (Wildman–Crippen MR) is 74.3 cm³/mol.